The summed E-state index contributed by atoms with van der Waals surface area (Å²) in [4.78, 5) is 0. The van der Waals surface area contributed by atoms with Crippen LogP contribution < -0.4 is 37.2 Å². The van der Waals surface area contributed by atoms with Crippen LogP contribution in [0.2, 0.25) is 0 Å². The molecule has 1 aromatic rings. The van der Waals surface area contributed by atoms with Crippen LogP contribution in [0, 0.1) is 6.92 Å². The molecule has 0 N–H and O–H groups in total. The summed E-state index contributed by atoms with van der Waals surface area (Å²) in [5.74, 6) is 0. The van der Waals surface area contributed by atoms with E-state index in [4.69, 9.17) is 0 Å². The zero-order valence-corrected chi connectivity index (χ0v) is 15.1. The third-order valence-corrected chi connectivity index (χ3v) is 4.19. The average Bonchev–Trinajstić information content (AvgIpc) is 2.66. The van der Waals surface area contributed by atoms with E-state index in [1.165, 1.54) is 15.0 Å². The van der Waals surface area contributed by atoms with Crippen molar-refractivity contribution in [1.29, 1.82) is 0 Å². The van der Waals surface area contributed by atoms with Gasteiger partial charge in [0.2, 0.25) is 0 Å². The second-order valence-electron chi connectivity index (χ2n) is 4.99. The Kier molecular flexibility index (Phi) is 9.70. The molecule has 0 aromatic heterocycles. The maximum atomic E-state index is 2.32. The first-order valence-corrected chi connectivity index (χ1v) is 6.49. The van der Waals surface area contributed by atoms with Crippen molar-refractivity contribution >= 4 is 0 Å². The third kappa shape index (κ3) is 4.65. The van der Waals surface area contributed by atoms with E-state index in [0.717, 1.165) is 6.42 Å². The second kappa shape index (κ2) is 8.54. The van der Waals surface area contributed by atoms with Crippen LogP contribution in [0.5, 0.6) is 0 Å². The molecule has 0 atom stereocenters. The molecule has 0 saturated carbocycles. The molecule has 0 amide bonds. The van der Waals surface area contributed by atoms with Crippen molar-refractivity contribution in [2.75, 3.05) is 0 Å². The van der Waals surface area contributed by atoms with Crippen LogP contribution in [-0.4, -0.2) is 0 Å². The van der Waals surface area contributed by atoms with Crippen LogP contribution >= 0.6 is 0 Å². The van der Waals surface area contributed by atoms with Gasteiger partial charge in [0.15, 0.2) is 0 Å². The largest absolute Gasteiger partial charge is 1.00 e. The number of hydrogen-bond donors (Lipinski definition) is 0. The minimum Gasteiger partial charge on any atom is -1.00 e. The minimum absolute atomic E-state index is 0. The van der Waals surface area contributed by atoms with Crippen molar-refractivity contribution in [1.82, 2.24) is 0 Å². The van der Waals surface area contributed by atoms with Gasteiger partial charge in [0, 0.05) is 0 Å². The predicted molar refractivity (Wildman–Crippen MR) is 65.0 cm³/mol. The quantitative estimate of drug-likeness (QED) is 0.469. The summed E-state index contributed by atoms with van der Waals surface area (Å²) in [5, 5.41) is 0. The number of aryl methyl sites for hydroxylation is 1. The molecule has 0 unspecified atom stereocenters. The molecule has 0 fully saturated rings. The van der Waals surface area contributed by atoms with Crippen LogP contribution in [0.15, 0.2) is 45.9 Å². The predicted octanol–water partition coefficient (Wildman–Crippen LogP) is -4.95. The van der Waals surface area contributed by atoms with Gasteiger partial charge in [-0.1, -0.05) is 0 Å². The zero-order chi connectivity index (χ0) is 11.8. The topological polar surface area (TPSA) is 0 Å². The van der Waals surface area contributed by atoms with Gasteiger partial charge < -0.3 is 37.2 Å². The van der Waals surface area contributed by atoms with Crippen LogP contribution in [0.1, 0.15) is 31.4 Å². The van der Waals surface area contributed by atoms with Gasteiger partial charge in [-0.2, -0.15) is 0 Å². The fraction of sp³-hybridized carbons (Fsp3) is 0.333. The number of halogens is 3. The van der Waals surface area contributed by atoms with E-state index in [0.29, 0.717) is 0 Å². The van der Waals surface area contributed by atoms with E-state index in [1.807, 2.05) is 0 Å². The first kappa shape index (κ1) is 21.6. The summed E-state index contributed by atoms with van der Waals surface area (Å²) < 4.78 is 1.44. The number of benzene rings is 1. The molecule has 0 radical (unpaired) electrons. The van der Waals surface area contributed by atoms with Gasteiger partial charge in [0.05, 0.1) is 0 Å². The maximum Gasteiger partial charge on any atom is -1.00 e. The smallest absolute Gasteiger partial charge is 1.00 e. The third-order valence-electron chi connectivity index (χ3n) is 3.46. The van der Waals surface area contributed by atoms with Crippen molar-refractivity contribution in [2.45, 2.75) is 32.6 Å². The Balaban J connectivity index is 0. The van der Waals surface area contributed by atoms with Crippen LogP contribution in [-0.2, 0) is 25.9 Å². The Morgan fingerprint density at radius 3 is 1.95 bits per heavy atom. The Labute approximate surface area is 146 Å². The van der Waals surface area contributed by atoms with Crippen molar-refractivity contribution in [2.24, 2.45) is 0 Å². The Bertz CT molecular complexity index is 459. The molecule has 19 heavy (non-hydrogen) atoms. The number of rotatable bonds is 2. The van der Waals surface area contributed by atoms with E-state index in [-0.39, 0.29) is 42.6 Å². The molecular weight excluding hydrogens is 334 g/mol. The zero-order valence-electron chi connectivity index (χ0n) is 11.3. The van der Waals surface area contributed by atoms with E-state index in [9.17, 15) is 0 Å². The van der Waals surface area contributed by atoms with Gasteiger partial charge in [0.1, 0.15) is 0 Å². The normalized spacial score (nSPS) is 13.5. The van der Waals surface area contributed by atoms with E-state index in [1.54, 1.807) is 5.57 Å². The summed E-state index contributed by atoms with van der Waals surface area (Å²) in [7, 11) is 0. The van der Waals surface area contributed by atoms with Crippen molar-refractivity contribution < 1.29 is 57.7 Å². The standard InChI is InChI=1S/C15H17.3ClH.Ti/c1-12-8-10-14(11-9-12)15(2,3)13-6-4-5-7-13;;;;/h4-5,8-11H,6H2,1-3H3;3*1H;/q;;;;+3/p-3. The molecule has 0 spiro atoms. The molecule has 1 aromatic carbocycles. The van der Waals surface area contributed by atoms with Crippen LogP contribution in [0.25, 0.3) is 0 Å². The monoisotopic (exact) mass is 350 g/mol. The van der Waals surface area contributed by atoms with Crippen molar-refractivity contribution in [3.8, 4) is 0 Å². The van der Waals surface area contributed by atoms with Gasteiger partial charge in [-0.15, -0.1) is 0 Å². The average molecular weight is 352 g/mol. The summed E-state index contributed by atoms with van der Waals surface area (Å²) in [6, 6.07) is 8.92. The molecular formula is C15H17Cl3Ti. The van der Waals surface area contributed by atoms with Gasteiger partial charge in [-0.05, 0) is 0 Å². The van der Waals surface area contributed by atoms with Gasteiger partial charge >= 0.3 is 110 Å². The first-order chi connectivity index (χ1) is 7.51. The Morgan fingerprint density at radius 1 is 1.00 bits per heavy atom. The molecule has 2 rings (SSSR count). The molecule has 0 nitrogen and oxygen atoms in total. The second-order valence-corrected chi connectivity index (χ2v) is 5.83. The molecule has 4 heteroatoms. The molecule has 0 bridgehead atoms. The van der Waals surface area contributed by atoms with Crippen molar-refractivity contribution in [3.63, 3.8) is 0 Å². The van der Waals surface area contributed by atoms with Gasteiger partial charge in [-0.3, -0.25) is 0 Å². The molecule has 0 saturated heterocycles. The number of hydrogen-bond acceptors (Lipinski definition) is 0. The molecule has 1 aliphatic rings. The number of allylic oxidation sites excluding steroid dienone is 4. The van der Waals surface area contributed by atoms with Crippen LogP contribution in [0.4, 0.5) is 0 Å². The molecule has 1 aliphatic carbocycles. The summed E-state index contributed by atoms with van der Waals surface area (Å²) in [5.41, 5.74) is 4.45. The molecule has 0 aliphatic heterocycles. The Morgan fingerprint density at radius 2 is 1.53 bits per heavy atom. The van der Waals surface area contributed by atoms with E-state index < -0.39 is 0 Å². The summed E-state index contributed by atoms with van der Waals surface area (Å²) >= 11 is 2.22. The summed E-state index contributed by atoms with van der Waals surface area (Å²) in [6.07, 6.45) is 5.61. The fourth-order valence-electron chi connectivity index (χ4n) is 2.24. The van der Waals surface area contributed by atoms with Crippen molar-refractivity contribution in [3.05, 3.63) is 57.0 Å². The van der Waals surface area contributed by atoms with E-state index in [2.05, 4.69) is 77.6 Å². The molecule has 102 valence electrons. The Hall–Kier alpha value is 0.284. The first-order valence-electron chi connectivity index (χ1n) is 5.71. The summed E-state index contributed by atoms with van der Waals surface area (Å²) in [6.45, 7) is 6.78. The SMILES string of the molecule is Cc1ccc(C(C)(C)C2=[C]([Ti+3])C=CC2)cc1.[Cl-].[Cl-].[Cl-]. The minimum atomic E-state index is 0. The fourth-order valence-corrected chi connectivity index (χ4v) is 3.07. The molecule has 0 heterocycles. The maximum absolute atomic E-state index is 2.32. The van der Waals surface area contributed by atoms with Crippen LogP contribution in [0.3, 0.4) is 0 Å². The van der Waals surface area contributed by atoms with Gasteiger partial charge in [-0.25, -0.2) is 0 Å². The van der Waals surface area contributed by atoms with E-state index >= 15 is 0 Å². The van der Waals surface area contributed by atoms with Gasteiger partial charge in [0.25, 0.3) is 0 Å².